The van der Waals surface area contributed by atoms with Crippen molar-refractivity contribution in [3.05, 3.63) is 54.2 Å². The molecule has 5 N–H and O–H groups in total. The molecule has 3 rings (SSSR count). The van der Waals surface area contributed by atoms with Crippen molar-refractivity contribution in [3.8, 4) is 11.3 Å². The number of carbonyl (C=O) groups is 5. The topological polar surface area (TPSA) is 193 Å². The highest BCUT2D eigenvalue weighted by Gasteiger charge is 2.57. The van der Waals surface area contributed by atoms with E-state index in [-0.39, 0.29) is 18.0 Å². The van der Waals surface area contributed by atoms with Gasteiger partial charge in [0, 0.05) is 12.6 Å². The number of amides is 3. The fraction of sp³-hybridized carbons (Fsp3) is 0.429. The Labute approximate surface area is 243 Å². The van der Waals surface area contributed by atoms with Crippen LogP contribution < -0.4 is 16.0 Å². The van der Waals surface area contributed by atoms with E-state index >= 15 is 0 Å². The van der Waals surface area contributed by atoms with Crippen molar-refractivity contribution in [1.29, 1.82) is 0 Å². The molecule has 0 spiro atoms. The number of carbonyl (C=O) groups excluding carboxylic acids is 4. The number of benzene rings is 1. The number of rotatable bonds is 13. The fourth-order valence-electron chi connectivity index (χ4n) is 4.52. The van der Waals surface area contributed by atoms with Crippen molar-refractivity contribution in [3.63, 3.8) is 0 Å². The lowest BCUT2D eigenvalue weighted by atomic mass is 9.73. The van der Waals surface area contributed by atoms with Crippen molar-refractivity contribution in [2.45, 2.75) is 63.7 Å². The molecule has 1 aromatic heterocycles. The van der Waals surface area contributed by atoms with Gasteiger partial charge >= 0.3 is 19.1 Å². The first-order valence-corrected chi connectivity index (χ1v) is 13.5. The normalized spacial score (nSPS) is 18.5. The fourth-order valence-corrected chi connectivity index (χ4v) is 4.52. The van der Waals surface area contributed by atoms with E-state index in [2.05, 4.69) is 20.9 Å². The smallest absolute Gasteiger partial charge is 0.506 e. The van der Waals surface area contributed by atoms with Crippen LogP contribution in [0, 0.1) is 5.92 Å². The molecule has 0 unspecified atom stereocenters. The van der Waals surface area contributed by atoms with Gasteiger partial charge in [-0.15, -0.1) is 0 Å². The van der Waals surface area contributed by atoms with Crippen molar-refractivity contribution < 1.29 is 43.5 Å². The molecule has 42 heavy (non-hydrogen) atoms. The lowest BCUT2D eigenvalue weighted by molar-refractivity contribution is -0.154. The van der Waals surface area contributed by atoms with Crippen LogP contribution in [-0.2, 0) is 28.5 Å². The Bertz CT molecular complexity index is 1310. The summed E-state index contributed by atoms with van der Waals surface area (Å²) < 4.78 is 11.1. The Balaban J connectivity index is 1.80. The molecule has 1 aliphatic rings. The summed E-state index contributed by atoms with van der Waals surface area (Å²) in [6, 6.07) is 12.6. The van der Waals surface area contributed by atoms with Crippen molar-refractivity contribution in [2.75, 3.05) is 7.05 Å². The molecule has 3 amide bonds. The van der Waals surface area contributed by atoms with Gasteiger partial charge in [0.15, 0.2) is 5.60 Å². The Morgan fingerprint density at radius 2 is 1.69 bits per heavy atom. The third-order valence-electron chi connectivity index (χ3n) is 6.58. The summed E-state index contributed by atoms with van der Waals surface area (Å²) >= 11 is 0. The number of hydrogen-bond donors (Lipinski definition) is 5. The van der Waals surface area contributed by atoms with Crippen LogP contribution in [0.25, 0.3) is 11.3 Å². The first-order valence-electron chi connectivity index (χ1n) is 13.5. The number of carboxylic acids is 1. The predicted octanol–water partition coefficient (Wildman–Crippen LogP) is 0.709. The molecular weight excluding hydrogens is 547 g/mol. The first kappa shape index (κ1) is 32.2. The van der Waals surface area contributed by atoms with Gasteiger partial charge in [0.25, 0.3) is 5.91 Å². The molecule has 0 saturated carbocycles. The molecule has 13 nitrogen and oxygen atoms in total. The maximum atomic E-state index is 13.4. The minimum Gasteiger partial charge on any atom is -0.506 e. The Hall–Kier alpha value is -4.30. The number of aromatic nitrogens is 1. The van der Waals surface area contributed by atoms with Crippen LogP contribution >= 0.6 is 0 Å². The lowest BCUT2D eigenvalue weighted by Crippen LogP contribution is -2.58. The molecule has 2 heterocycles. The third-order valence-corrected chi connectivity index (χ3v) is 6.58. The second-order valence-corrected chi connectivity index (χ2v) is 10.5. The van der Waals surface area contributed by atoms with Gasteiger partial charge in [-0.2, -0.15) is 0 Å². The van der Waals surface area contributed by atoms with Gasteiger partial charge in [0.05, 0.1) is 30.6 Å². The van der Waals surface area contributed by atoms with Gasteiger partial charge in [0.2, 0.25) is 11.8 Å². The molecule has 1 aliphatic heterocycles. The minimum absolute atomic E-state index is 0.0224. The molecule has 2 aromatic rings. The lowest BCUT2D eigenvalue weighted by Gasteiger charge is -2.27. The number of aliphatic hydroxyl groups is 1. The quantitative estimate of drug-likeness (QED) is 0.210. The van der Waals surface area contributed by atoms with Gasteiger partial charge in [-0.3, -0.25) is 24.0 Å². The van der Waals surface area contributed by atoms with Crippen molar-refractivity contribution in [1.82, 2.24) is 20.9 Å². The zero-order valence-corrected chi connectivity index (χ0v) is 23.8. The summed E-state index contributed by atoms with van der Waals surface area (Å²) in [5.74, 6) is -5.64. The zero-order chi connectivity index (χ0) is 31.0. The Morgan fingerprint density at radius 3 is 2.29 bits per heavy atom. The van der Waals surface area contributed by atoms with E-state index in [1.54, 1.807) is 12.1 Å². The maximum Gasteiger partial charge on any atom is 0.552 e. The van der Waals surface area contributed by atoms with Gasteiger partial charge < -0.3 is 35.5 Å². The van der Waals surface area contributed by atoms with Gasteiger partial charge in [-0.1, -0.05) is 50.2 Å². The highest BCUT2D eigenvalue weighted by atomic mass is 16.7. The molecule has 1 aromatic carbocycles. The standard InChI is InChI=1S/C28H35BN4O9/c1-16(2)13-21(29-41-27(40)28(42-29,15-23(36)37)14-22(35)30-4)32-26(39)24(17(3)34)33-25(38)20-12-8-11-19(31-20)18-9-6-5-7-10-18/h5-12,16-17,21,24,34H,13-15H2,1-4H3,(H,30,35)(H,32,39)(H,33,38)(H,36,37)/t17-,21+,24+,28+/m1/s1. The minimum atomic E-state index is -2.09. The number of nitrogens with zero attached hydrogens (tertiary/aromatic N) is 1. The first-order chi connectivity index (χ1) is 19.8. The van der Waals surface area contributed by atoms with Crippen LogP contribution in [0.5, 0.6) is 0 Å². The molecule has 0 aliphatic carbocycles. The van der Waals surface area contributed by atoms with E-state index in [1.807, 2.05) is 44.2 Å². The Morgan fingerprint density at radius 1 is 1.00 bits per heavy atom. The zero-order valence-electron chi connectivity index (χ0n) is 23.8. The molecule has 0 radical (unpaired) electrons. The van der Waals surface area contributed by atoms with Gasteiger partial charge in [-0.25, -0.2) is 4.98 Å². The summed E-state index contributed by atoms with van der Waals surface area (Å²) in [7, 11) is -0.101. The number of nitrogens with one attached hydrogen (secondary N) is 3. The van der Waals surface area contributed by atoms with Crippen LogP contribution in [0.15, 0.2) is 48.5 Å². The van der Waals surface area contributed by atoms with E-state index in [9.17, 15) is 34.2 Å². The monoisotopic (exact) mass is 582 g/mol. The van der Waals surface area contributed by atoms with Gasteiger partial charge in [0.1, 0.15) is 11.7 Å². The summed E-state index contributed by atoms with van der Waals surface area (Å²) in [4.78, 5) is 67.3. The molecule has 0 bridgehead atoms. The maximum absolute atomic E-state index is 13.4. The van der Waals surface area contributed by atoms with E-state index < -0.39 is 73.3 Å². The largest absolute Gasteiger partial charge is 0.552 e. The molecule has 224 valence electrons. The second kappa shape index (κ2) is 14.1. The van der Waals surface area contributed by atoms with Crippen LogP contribution in [0.3, 0.4) is 0 Å². The van der Waals surface area contributed by atoms with E-state index in [0.29, 0.717) is 5.69 Å². The summed E-state index contributed by atoms with van der Waals surface area (Å²) in [6.07, 6.45) is -2.56. The van der Waals surface area contributed by atoms with E-state index in [0.717, 1.165) is 5.56 Å². The molecule has 4 atom stereocenters. The van der Waals surface area contributed by atoms with E-state index in [1.165, 1.54) is 20.0 Å². The van der Waals surface area contributed by atoms with Crippen molar-refractivity contribution in [2.24, 2.45) is 5.92 Å². The van der Waals surface area contributed by atoms with Crippen LogP contribution in [0.1, 0.15) is 50.5 Å². The SMILES string of the molecule is CNC(=O)C[C@@]1(CC(=O)O)OB([C@H](CC(C)C)NC(=O)[C@@H](NC(=O)c2cccc(-c3ccccc3)n2)[C@@H](C)O)OC1=O. The number of hydrogen-bond acceptors (Lipinski definition) is 9. The second-order valence-electron chi connectivity index (χ2n) is 10.5. The number of aliphatic carboxylic acids is 1. The average molecular weight is 582 g/mol. The molecule has 14 heteroatoms. The highest BCUT2D eigenvalue weighted by molar-refractivity contribution is 6.51. The molecule has 1 saturated heterocycles. The number of carboxylic acid groups (broad SMARTS) is 1. The summed E-state index contributed by atoms with van der Waals surface area (Å²) in [6.45, 7) is 5.00. The van der Waals surface area contributed by atoms with E-state index in [4.69, 9.17) is 9.31 Å². The summed E-state index contributed by atoms with van der Waals surface area (Å²) in [5.41, 5.74) is -0.742. The molecule has 1 fully saturated rings. The predicted molar refractivity (Wildman–Crippen MR) is 151 cm³/mol. The number of pyridine rings is 1. The highest BCUT2D eigenvalue weighted by Crippen LogP contribution is 2.32. The third kappa shape index (κ3) is 8.14. The van der Waals surface area contributed by atoms with Crippen molar-refractivity contribution >= 4 is 36.8 Å². The molecular formula is C28H35BN4O9. The summed E-state index contributed by atoms with van der Waals surface area (Å²) in [5, 5.41) is 27.3. The van der Waals surface area contributed by atoms with Gasteiger partial charge in [-0.05, 0) is 31.4 Å². The van der Waals surface area contributed by atoms with Crippen LogP contribution in [0.4, 0.5) is 0 Å². The number of aliphatic hydroxyl groups excluding tert-OH is 1. The van der Waals surface area contributed by atoms with Crippen LogP contribution in [0.2, 0.25) is 0 Å². The Kier molecular flexibility index (Phi) is 10.8. The average Bonchev–Trinajstić information content (AvgIpc) is 3.25. The van der Waals surface area contributed by atoms with Crippen LogP contribution in [-0.4, -0.2) is 82.7 Å².